The summed E-state index contributed by atoms with van der Waals surface area (Å²) in [6.45, 7) is 5.57. The lowest BCUT2D eigenvalue weighted by Gasteiger charge is -2.26. The van der Waals surface area contributed by atoms with E-state index in [2.05, 4.69) is 40.2 Å². The Morgan fingerprint density at radius 2 is 1.56 bits per heavy atom. The number of hydrogen-bond donors (Lipinski definition) is 0. The molecule has 0 atom stereocenters. The summed E-state index contributed by atoms with van der Waals surface area (Å²) in [6.07, 6.45) is 8.94. The van der Waals surface area contributed by atoms with Crippen LogP contribution in [0, 0.1) is 11.6 Å². The minimum absolute atomic E-state index is 0.180. The van der Waals surface area contributed by atoms with E-state index in [1.54, 1.807) is 17.1 Å². The summed E-state index contributed by atoms with van der Waals surface area (Å²) < 4.78 is 36.5. The monoisotopic (exact) mass is 580 g/mol. The van der Waals surface area contributed by atoms with E-state index in [0.717, 1.165) is 67.7 Å². The van der Waals surface area contributed by atoms with E-state index in [9.17, 15) is 8.78 Å². The molecule has 0 N–H and O–H groups in total. The van der Waals surface area contributed by atoms with Crippen LogP contribution in [0.4, 0.5) is 8.78 Å². The van der Waals surface area contributed by atoms with Crippen LogP contribution in [0.15, 0.2) is 73.4 Å². The molecule has 2 aromatic carbocycles. The molecule has 11 nitrogen and oxygen atoms in total. The highest BCUT2D eigenvalue weighted by molar-refractivity contribution is 5.72. The highest BCUT2D eigenvalue weighted by atomic mass is 19.1. The fourth-order valence-corrected chi connectivity index (χ4v) is 5.01. The number of hydrogen-bond acceptors (Lipinski definition) is 9. The van der Waals surface area contributed by atoms with Crippen LogP contribution < -0.4 is 0 Å². The van der Waals surface area contributed by atoms with Gasteiger partial charge in [0.05, 0.1) is 38.7 Å². The molecule has 0 saturated carbocycles. The predicted octanol–water partition coefficient (Wildman–Crippen LogP) is 3.87. The van der Waals surface area contributed by atoms with Gasteiger partial charge in [0, 0.05) is 66.5 Å². The zero-order valence-corrected chi connectivity index (χ0v) is 23.0. The van der Waals surface area contributed by atoms with Crippen molar-refractivity contribution in [3.8, 4) is 33.9 Å². The van der Waals surface area contributed by atoms with Crippen LogP contribution in [0.5, 0.6) is 0 Å². The van der Waals surface area contributed by atoms with E-state index in [4.69, 9.17) is 4.74 Å². The zero-order chi connectivity index (χ0) is 29.2. The molecule has 1 fully saturated rings. The fraction of sp³-hybridized carbons (Fsp3) is 0.233. The Bertz CT molecular complexity index is 1860. The van der Waals surface area contributed by atoms with Gasteiger partial charge >= 0.3 is 0 Å². The Morgan fingerprint density at radius 3 is 2.37 bits per heavy atom. The van der Waals surface area contributed by atoms with E-state index in [1.165, 1.54) is 18.3 Å². The largest absolute Gasteiger partial charge is 0.379 e. The maximum atomic E-state index is 13.8. The second-order valence-corrected chi connectivity index (χ2v) is 10.2. The molecule has 0 amide bonds. The first-order chi connectivity index (χ1) is 21.1. The molecule has 216 valence electrons. The molecule has 4 aromatic heterocycles. The summed E-state index contributed by atoms with van der Waals surface area (Å²) in [5.74, 6) is -0.635. The van der Waals surface area contributed by atoms with Gasteiger partial charge in [-0.25, -0.2) is 33.4 Å². The van der Waals surface area contributed by atoms with E-state index in [-0.39, 0.29) is 11.4 Å². The Kier molecular flexibility index (Phi) is 7.31. The average molecular weight is 581 g/mol. The van der Waals surface area contributed by atoms with Crippen LogP contribution in [0.3, 0.4) is 0 Å². The van der Waals surface area contributed by atoms with Crippen molar-refractivity contribution in [3.63, 3.8) is 0 Å². The molecule has 1 aliphatic rings. The topological polar surface area (TPSA) is 113 Å². The summed E-state index contributed by atoms with van der Waals surface area (Å²) in [7, 11) is 0. The first kappa shape index (κ1) is 26.9. The predicted molar refractivity (Wildman–Crippen MR) is 154 cm³/mol. The number of nitrogens with zero attached hydrogens (tertiary/aromatic N) is 10. The molecule has 0 unspecified atom stereocenters. The lowest BCUT2D eigenvalue weighted by molar-refractivity contribution is 0.0360. The molecular formula is C30H26F2N10O. The number of halogens is 2. The second-order valence-electron chi connectivity index (χ2n) is 10.2. The van der Waals surface area contributed by atoms with Gasteiger partial charge in [0.25, 0.3) is 0 Å². The highest BCUT2D eigenvalue weighted by Crippen LogP contribution is 2.23. The maximum absolute atomic E-state index is 13.8. The number of fused-ring (bicyclic) bond motifs is 1. The molecule has 0 spiro atoms. The molecule has 13 heteroatoms. The molecule has 1 saturated heterocycles. The molecular weight excluding hydrogens is 554 g/mol. The Hall–Kier alpha value is -5.01. The van der Waals surface area contributed by atoms with E-state index < -0.39 is 11.6 Å². The number of ether oxygens (including phenoxy) is 1. The summed E-state index contributed by atoms with van der Waals surface area (Å²) in [4.78, 5) is 20.3. The van der Waals surface area contributed by atoms with Crippen molar-refractivity contribution in [1.82, 2.24) is 49.6 Å². The molecule has 0 bridgehead atoms. The van der Waals surface area contributed by atoms with Gasteiger partial charge in [-0.05, 0) is 23.8 Å². The summed E-state index contributed by atoms with van der Waals surface area (Å²) >= 11 is 0. The van der Waals surface area contributed by atoms with E-state index in [1.807, 2.05) is 41.3 Å². The maximum Gasteiger partial charge on any atom is 0.182 e. The van der Waals surface area contributed by atoms with Gasteiger partial charge in [-0.3, -0.25) is 9.58 Å². The van der Waals surface area contributed by atoms with Crippen LogP contribution in [0.2, 0.25) is 0 Å². The van der Waals surface area contributed by atoms with Gasteiger partial charge in [0.1, 0.15) is 11.6 Å². The van der Waals surface area contributed by atoms with E-state index >= 15 is 0 Å². The van der Waals surface area contributed by atoms with Crippen molar-refractivity contribution in [3.05, 3.63) is 90.6 Å². The van der Waals surface area contributed by atoms with Crippen molar-refractivity contribution < 1.29 is 13.5 Å². The summed E-state index contributed by atoms with van der Waals surface area (Å²) in [5, 5.41) is 12.9. The quantitative estimate of drug-likeness (QED) is 0.265. The molecule has 1 aliphatic heterocycles. The van der Waals surface area contributed by atoms with Crippen LogP contribution in [0.1, 0.15) is 5.56 Å². The summed E-state index contributed by atoms with van der Waals surface area (Å²) in [5.41, 5.74) is 4.78. The van der Waals surface area contributed by atoms with Gasteiger partial charge in [-0.2, -0.15) is 5.10 Å². The normalized spacial score (nSPS) is 14.0. The fourth-order valence-electron chi connectivity index (χ4n) is 5.01. The number of aromatic nitrogens is 9. The molecule has 5 heterocycles. The lowest BCUT2D eigenvalue weighted by atomic mass is 10.1. The molecule has 0 radical (unpaired) electrons. The Balaban J connectivity index is 1.06. The smallest absolute Gasteiger partial charge is 0.182 e. The van der Waals surface area contributed by atoms with Gasteiger partial charge in [-0.1, -0.05) is 23.4 Å². The van der Waals surface area contributed by atoms with Crippen molar-refractivity contribution in [2.45, 2.75) is 13.1 Å². The van der Waals surface area contributed by atoms with Gasteiger partial charge in [-0.15, -0.1) is 5.10 Å². The third-order valence-corrected chi connectivity index (χ3v) is 7.26. The summed E-state index contributed by atoms with van der Waals surface area (Å²) in [6, 6.07) is 11.0. The molecule has 0 aliphatic carbocycles. The third-order valence-electron chi connectivity index (χ3n) is 7.26. The standard InChI is InChI=1S/C30H26F2N10O/c31-25-11-22(12-26(32)13-25)29-35-17-27-30(37-29)42(39-38-27)18-20-2-1-3-21(10-20)28-33-14-23(15-34-28)24-16-36-41(19-24)5-4-40-6-8-43-9-7-40/h1-3,10-17,19H,4-9,18H2. The first-order valence-electron chi connectivity index (χ1n) is 13.8. The number of morpholine rings is 1. The SMILES string of the molecule is Fc1cc(F)cc(-c2ncc3nnn(Cc4cccc(-c5ncc(-c6cnn(CCN7CCOCC7)c6)cn5)c4)c3n2)c1. The average Bonchev–Trinajstić information content (AvgIpc) is 3.67. The number of rotatable bonds is 8. The van der Waals surface area contributed by atoms with Crippen molar-refractivity contribution in [1.29, 1.82) is 0 Å². The molecule has 43 heavy (non-hydrogen) atoms. The van der Waals surface area contributed by atoms with Crippen LogP contribution in [-0.4, -0.2) is 82.5 Å². The third kappa shape index (κ3) is 5.98. The van der Waals surface area contributed by atoms with Crippen LogP contribution in [0.25, 0.3) is 45.1 Å². The van der Waals surface area contributed by atoms with Crippen LogP contribution >= 0.6 is 0 Å². The first-order valence-corrected chi connectivity index (χ1v) is 13.8. The Morgan fingerprint density at radius 1 is 0.767 bits per heavy atom. The van der Waals surface area contributed by atoms with Crippen LogP contribution in [-0.2, 0) is 17.8 Å². The lowest BCUT2D eigenvalue weighted by Crippen LogP contribution is -2.38. The van der Waals surface area contributed by atoms with Gasteiger partial charge in [0.2, 0.25) is 0 Å². The molecule has 6 aromatic rings. The van der Waals surface area contributed by atoms with E-state index in [0.29, 0.717) is 23.5 Å². The number of benzene rings is 2. The zero-order valence-electron chi connectivity index (χ0n) is 23.0. The highest BCUT2D eigenvalue weighted by Gasteiger charge is 2.14. The minimum Gasteiger partial charge on any atom is -0.379 e. The van der Waals surface area contributed by atoms with Crippen molar-refractivity contribution >= 4 is 11.2 Å². The Labute approximate surface area is 244 Å². The van der Waals surface area contributed by atoms with Gasteiger partial charge < -0.3 is 4.74 Å². The van der Waals surface area contributed by atoms with Gasteiger partial charge in [0.15, 0.2) is 22.8 Å². The second kappa shape index (κ2) is 11.7. The van der Waals surface area contributed by atoms with Crippen molar-refractivity contribution in [2.24, 2.45) is 0 Å². The minimum atomic E-state index is -0.702. The molecule has 7 rings (SSSR count). The van der Waals surface area contributed by atoms with Crippen molar-refractivity contribution in [2.75, 3.05) is 32.8 Å².